The highest BCUT2D eigenvalue weighted by molar-refractivity contribution is 5.88. The molecule has 0 bridgehead atoms. The van der Waals surface area contributed by atoms with Crippen molar-refractivity contribution in [2.75, 3.05) is 31.1 Å². The van der Waals surface area contributed by atoms with Crippen LogP contribution >= 0.6 is 0 Å². The number of rotatable bonds is 3. The Kier molecular flexibility index (Phi) is 4.96. The molecule has 0 spiro atoms. The Morgan fingerprint density at radius 1 is 0.939 bits per heavy atom. The van der Waals surface area contributed by atoms with Gasteiger partial charge in [-0.25, -0.2) is 9.64 Å². The fourth-order valence-corrected chi connectivity index (χ4v) is 5.92. The summed E-state index contributed by atoms with van der Waals surface area (Å²) in [5.41, 5.74) is 5.99. The van der Waals surface area contributed by atoms with Crippen LogP contribution in [0.1, 0.15) is 37.2 Å². The predicted molar refractivity (Wildman–Crippen MR) is 132 cm³/mol. The van der Waals surface area contributed by atoms with Gasteiger partial charge in [-0.15, -0.1) is 0 Å². The Morgan fingerprint density at radius 3 is 2.55 bits per heavy atom. The molecule has 1 saturated carbocycles. The SMILES string of the molecule is [C-]#[N+]c1ccc2[nH]cc(C3CCC(N4CCN(c5cccc6[nH]c(=O)[nH]c56)CC4)CC3)c2c1. The summed E-state index contributed by atoms with van der Waals surface area (Å²) in [6.45, 7) is 11.4. The number of hydrogen-bond acceptors (Lipinski definition) is 3. The molecule has 3 heterocycles. The predicted octanol–water partition coefficient (Wildman–Crippen LogP) is 4.74. The molecule has 1 saturated heterocycles. The fourth-order valence-electron chi connectivity index (χ4n) is 5.92. The molecule has 2 aromatic heterocycles. The van der Waals surface area contributed by atoms with Crippen LogP contribution in [-0.2, 0) is 0 Å². The van der Waals surface area contributed by atoms with Gasteiger partial charge < -0.3 is 19.9 Å². The molecule has 7 heteroatoms. The molecule has 1 aliphatic carbocycles. The van der Waals surface area contributed by atoms with Crippen molar-refractivity contribution >= 4 is 33.3 Å². The van der Waals surface area contributed by atoms with Crippen molar-refractivity contribution in [3.05, 3.63) is 70.1 Å². The highest BCUT2D eigenvalue weighted by atomic mass is 16.1. The second-order valence-electron chi connectivity index (χ2n) is 9.39. The number of benzene rings is 2. The lowest BCUT2D eigenvalue weighted by Crippen LogP contribution is -2.51. The van der Waals surface area contributed by atoms with Gasteiger partial charge >= 0.3 is 5.69 Å². The summed E-state index contributed by atoms with van der Waals surface area (Å²) in [6, 6.07) is 12.7. The maximum absolute atomic E-state index is 11.7. The lowest BCUT2D eigenvalue weighted by Gasteiger charge is -2.42. The van der Waals surface area contributed by atoms with E-state index in [0.717, 1.165) is 48.4 Å². The normalized spacial score (nSPS) is 22.1. The molecule has 7 nitrogen and oxygen atoms in total. The van der Waals surface area contributed by atoms with Crippen LogP contribution in [0.4, 0.5) is 11.4 Å². The van der Waals surface area contributed by atoms with E-state index in [1.807, 2.05) is 30.3 Å². The van der Waals surface area contributed by atoms with Crippen LogP contribution in [0.3, 0.4) is 0 Å². The van der Waals surface area contributed by atoms with Crippen molar-refractivity contribution < 1.29 is 0 Å². The molecule has 0 unspecified atom stereocenters. The number of H-pyrrole nitrogens is 3. The molecule has 0 amide bonds. The second-order valence-corrected chi connectivity index (χ2v) is 9.39. The summed E-state index contributed by atoms with van der Waals surface area (Å²) in [7, 11) is 0. The van der Waals surface area contributed by atoms with Gasteiger partial charge in [0, 0.05) is 43.9 Å². The molecule has 2 aliphatic rings. The zero-order chi connectivity index (χ0) is 22.4. The summed E-state index contributed by atoms with van der Waals surface area (Å²) >= 11 is 0. The third kappa shape index (κ3) is 3.61. The number of nitrogens with one attached hydrogen (secondary N) is 3. The summed E-state index contributed by atoms with van der Waals surface area (Å²) in [5.74, 6) is 0.570. The molecule has 2 fully saturated rings. The summed E-state index contributed by atoms with van der Waals surface area (Å²) in [5, 5.41) is 1.22. The van der Waals surface area contributed by atoms with E-state index in [4.69, 9.17) is 6.57 Å². The smallest absolute Gasteiger partial charge is 0.323 e. The second kappa shape index (κ2) is 8.13. The van der Waals surface area contributed by atoms with Crippen molar-refractivity contribution in [2.24, 2.45) is 0 Å². The van der Waals surface area contributed by atoms with E-state index < -0.39 is 0 Å². The number of piperazine rings is 1. The first-order valence-corrected chi connectivity index (χ1v) is 11.9. The summed E-state index contributed by atoms with van der Waals surface area (Å²) in [4.78, 5) is 29.6. The molecule has 0 atom stereocenters. The Morgan fingerprint density at radius 2 is 1.76 bits per heavy atom. The first-order valence-electron chi connectivity index (χ1n) is 11.9. The van der Waals surface area contributed by atoms with E-state index in [1.54, 1.807) is 0 Å². The van der Waals surface area contributed by atoms with Crippen molar-refractivity contribution in [1.29, 1.82) is 0 Å². The number of anilines is 1. The first kappa shape index (κ1) is 20.1. The number of nitrogens with zero attached hydrogens (tertiary/aromatic N) is 3. The monoisotopic (exact) mass is 440 g/mol. The summed E-state index contributed by atoms with van der Waals surface area (Å²) in [6.07, 6.45) is 7.00. The number of hydrogen-bond donors (Lipinski definition) is 3. The van der Waals surface area contributed by atoms with Gasteiger partial charge in [-0.05, 0) is 66.8 Å². The van der Waals surface area contributed by atoms with E-state index in [-0.39, 0.29) is 5.69 Å². The molecule has 2 aromatic carbocycles. The number of para-hydroxylation sites is 1. The quantitative estimate of drug-likeness (QED) is 0.403. The lowest BCUT2D eigenvalue weighted by atomic mass is 9.81. The highest BCUT2D eigenvalue weighted by Crippen LogP contribution is 2.39. The number of fused-ring (bicyclic) bond motifs is 2. The summed E-state index contributed by atoms with van der Waals surface area (Å²) < 4.78 is 0. The van der Waals surface area contributed by atoms with Gasteiger partial charge in [-0.3, -0.25) is 4.90 Å². The molecule has 1 aliphatic heterocycles. The third-order valence-electron chi connectivity index (χ3n) is 7.66. The van der Waals surface area contributed by atoms with Gasteiger partial charge in [0.2, 0.25) is 0 Å². The topological polar surface area (TPSA) is 75.3 Å². The molecule has 3 N–H and O–H groups in total. The van der Waals surface area contributed by atoms with Crippen molar-refractivity contribution in [2.45, 2.75) is 37.6 Å². The van der Waals surface area contributed by atoms with E-state index in [9.17, 15) is 4.79 Å². The minimum absolute atomic E-state index is 0.145. The van der Waals surface area contributed by atoms with Crippen molar-refractivity contribution in [3.8, 4) is 0 Å². The van der Waals surface area contributed by atoms with Crippen LogP contribution in [0.5, 0.6) is 0 Å². The van der Waals surface area contributed by atoms with Gasteiger partial charge in [0.15, 0.2) is 5.69 Å². The van der Waals surface area contributed by atoms with Gasteiger partial charge in [0.1, 0.15) is 0 Å². The average Bonchev–Trinajstić information content (AvgIpc) is 3.46. The van der Waals surface area contributed by atoms with Gasteiger partial charge in [-0.1, -0.05) is 12.1 Å². The van der Waals surface area contributed by atoms with Crippen molar-refractivity contribution in [1.82, 2.24) is 19.9 Å². The number of aromatic amines is 3. The van der Waals surface area contributed by atoms with E-state index in [0.29, 0.717) is 17.6 Å². The molecular weight excluding hydrogens is 412 g/mol. The zero-order valence-electron chi connectivity index (χ0n) is 18.6. The van der Waals surface area contributed by atoms with E-state index in [2.05, 4.69) is 41.9 Å². The van der Waals surface area contributed by atoms with Crippen LogP contribution in [0, 0.1) is 6.57 Å². The van der Waals surface area contributed by atoms with Crippen molar-refractivity contribution in [3.63, 3.8) is 0 Å². The Balaban J connectivity index is 1.10. The van der Waals surface area contributed by atoms with Gasteiger partial charge in [0.05, 0.1) is 23.3 Å². The molecule has 4 aromatic rings. The van der Waals surface area contributed by atoms with E-state index >= 15 is 0 Å². The molecule has 0 radical (unpaired) electrons. The Hall–Kier alpha value is -3.50. The van der Waals surface area contributed by atoms with Gasteiger partial charge in [-0.2, -0.15) is 0 Å². The maximum Gasteiger partial charge on any atom is 0.323 e. The first-order chi connectivity index (χ1) is 16.2. The third-order valence-corrected chi connectivity index (χ3v) is 7.66. The van der Waals surface area contributed by atoms with Crippen LogP contribution in [-0.4, -0.2) is 52.1 Å². The maximum atomic E-state index is 11.7. The largest absolute Gasteiger partial charge is 0.367 e. The Bertz CT molecular complexity index is 1390. The highest BCUT2D eigenvalue weighted by Gasteiger charge is 2.30. The van der Waals surface area contributed by atoms with Crippen LogP contribution in [0.15, 0.2) is 47.4 Å². The molecule has 6 rings (SSSR count). The van der Waals surface area contributed by atoms with Crippen LogP contribution in [0.25, 0.3) is 26.8 Å². The van der Waals surface area contributed by atoms with Crippen LogP contribution < -0.4 is 10.6 Å². The molecule has 168 valence electrons. The van der Waals surface area contributed by atoms with E-state index in [1.165, 1.54) is 36.6 Å². The minimum atomic E-state index is -0.145. The lowest BCUT2D eigenvalue weighted by molar-refractivity contribution is 0.141. The molecule has 33 heavy (non-hydrogen) atoms. The van der Waals surface area contributed by atoms with Crippen LogP contribution in [0.2, 0.25) is 0 Å². The standard InChI is InChI=1S/C26H28N6O/c1-27-18-7-10-22-20(15-18)21(16-28-22)17-5-8-19(9-6-17)31-11-13-32(14-12-31)24-4-2-3-23-25(24)30-26(33)29-23/h2-4,7,10,15-17,19,28H,5-6,8-9,11-14H2,(H2,29,30,33). The van der Waals surface area contributed by atoms with Gasteiger partial charge in [0.25, 0.3) is 0 Å². The average molecular weight is 441 g/mol. The number of imidazole rings is 1. The number of aromatic nitrogens is 3. The fraction of sp³-hybridized carbons (Fsp3) is 0.385. The minimum Gasteiger partial charge on any atom is -0.367 e. The zero-order valence-corrected chi connectivity index (χ0v) is 18.6. The Labute approximate surface area is 192 Å². The molecular formula is C26H28N6O.